The Morgan fingerprint density at radius 1 is 1.30 bits per heavy atom. The lowest BCUT2D eigenvalue weighted by Gasteiger charge is -2.09. The lowest BCUT2D eigenvalue weighted by Crippen LogP contribution is -1.98. The van der Waals surface area contributed by atoms with Gasteiger partial charge < -0.3 is 9.47 Å². The molecule has 2 aromatic carbocycles. The van der Waals surface area contributed by atoms with Gasteiger partial charge in [-0.15, -0.1) is 0 Å². The number of hydrogen-bond donors (Lipinski definition) is 1. The van der Waals surface area contributed by atoms with Crippen LogP contribution in [0.15, 0.2) is 60.2 Å². The van der Waals surface area contributed by atoms with Gasteiger partial charge in [0.1, 0.15) is 6.61 Å². The third-order valence-electron chi connectivity index (χ3n) is 3.63. The molecule has 0 fully saturated rings. The Balaban J connectivity index is 1.93. The summed E-state index contributed by atoms with van der Waals surface area (Å²) in [6, 6.07) is 12.9. The van der Waals surface area contributed by atoms with Gasteiger partial charge in [0.05, 0.1) is 18.3 Å². The maximum Gasteiger partial charge on any atom is 0.216 e. The van der Waals surface area contributed by atoms with E-state index in [1.807, 2.05) is 36.4 Å². The number of benzene rings is 2. The van der Waals surface area contributed by atoms with E-state index in [9.17, 15) is 0 Å². The van der Waals surface area contributed by atoms with Crippen LogP contribution in [0.4, 0.5) is 0 Å². The number of aromatic nitrogens is 3. The van der Waals surface area contributed by atoms with Gasteiger partial charge in [0.2, 0.25) is 4.77 Å². The Hall–Kier alpha value is -2.90. The predicted molar refractivity (Wildman–Crippen MR) is 110 cm³/mol. The first-order valence-electron chi connectivity index (χ1n) is 8.02. The number of nitrogens with one attached hydrogen (secondary N) is 1. The monoisotopic (exact) mass is 400 g/mol. The van der Waals surface area contributed by atoms with Crippen molar-refractivity contribution in [3.8, 4) is 22.9 Å². The van der Waals surface area contributed by atoms with Crippen LogP contribution < -0.4 is 9.47 Å². The minimum atomic E-state index is 0.360. The van der Waals surface area contributed by atoms with E-state index < -0.39 is 0 Å². The second-order valence-electron chi connectivity index (χ2n) is 5.40. The Labute approximate surface area is 166 Å². The molecule has 3 rings (SSSR count). The molecule has 3 aromatic rings. The van der Waals surface area contributed by atoms with Gasteiger partial charge >= 0.3 is 0 Å². The minimum Gasteiger partial charge on any atom is -0.493 e. The van der Waals surface area contributed by atoms with Gasteiger partial charge in [-0.2, -0.15) is 14.9 Å². The highest BCUT2D eigenvalue weighted by atomic mass is 35.5. The van der Waals surface area contributed by atoms with Crippen LogP contribution in [0.1, 0.15) is 5.56 Å². The molecule has 0 bridgehead atoms. The molecular formula is C19H17ClN4O2S. The van der Waals surface area contributed by atoms with Gasteiger partial charge in [0.15, 0.2) is 17.3 Å². The first-order valence-corrected chi connectivity index (χ1v) is 8.81. The fourth-order valence-corrected chi connectivity index (χ4v) is 2.77. The minimum absolute atomic E-state index is 0.360. The number of halogens is 1. The van der Waals surface area contributed by atoms with Crippen LogP contribution in [0.2, 0.25) is 5.02 Å². The smallest absolute Gasteiger partial charge is 0.216 e. The maximum absolute atomic E-state index is 6.27. The largest absolute Gasteiger partial charge is 0.493 e. The predicted octanol–water partition coefficient (Wildman–Crippen LogP) is 4.72. The molecule has 0 saturated carbocycles. The molecule has 0 spiro atoms. The zero-order chi connectivity index (χ0) is 19.2. The summed E-state index contributed by atoms with van der Waals surface area (Å²) >= 11 is 11.5. The quantitative estimate of drug-likeness (QED) is 0.354. The number of nitrogens with zero attached hydrogens (tertiary/aromatic N) is 3. The molecular weight excluding hydrogens is 384 g/mol. The molecule has 27 heavy (non-hydrogen) atoms. The first kappa shape index (κ1) is 18.9. The number of hydrogen-bond acceptors (Lipinski definition) is 5. The SMILES string of the molecule is C=CCOc1ccc(/C=N\n2c(-c3ccccc3Cl)n[nH]c2=S)cc1OC. The van der Waals surface area contributed by atoms with E-state index in [2.05, 4.69) is 21.9 Å². The molecule has 8 heteroatoms. The van der Waals surface area contributed by atoms with E-state index in [1.54, 1.807) is 25.5 Å². The molecule has 138 valence electrons. The summed E-state index contributed by atoms with van der Waals surface area (Å²) in [5.41, 5.74) is 1.54. The lowest BCUT2D eigenvalue weighted by molar-refractivity contribution is 0.326. The van der Waals surface area contributed by atoms with Crippen molar-refractivity contribution >= 4 is 30.0 Å². The highest BCUT2D eigenvalue weighted by molar-refractivity contribution is 7.71. The second-order valence-corrected chi connectivity index (χ2v) is 6.19. The first-order chi connectivity index (χ1) is 13.1. The normalized spacial score (nSPS) is 10.9. The van der Waals surface area contributed by atoms with Crippen LogP contribution in [0.25, 0.3) is 11.4 Å². The van der Waals surface area contributed by atoms with Gasteiger partial charge in [0, 0.05) is 5.56 Å². The van der Waals surface area contributed by atoms with E-state index >= 15 is 0 Å². The summed E-state index contributed by atoms with van der Waals surface area (Å²) in [5, 5.41) is 12.0. The molecule has 1 heterocycles. The van der Waals surface area contributed by atoms with Gasteiger partial charge in [0.25, 0.3) is 0 Å². The van der Waals surface area contributed by atoms with Crippen molar-refractivity contribution in [1.82, 2.24) is 14.9 Å². The van der Waals surface area contributed by atoms with E-state index in [-0.39, 0.29) is 0 Å². The number of H-pyrrole nitrogens is 1. The molecule has 0 saturated heterocycles. The van der Waals surface area contributed by atoms with Crippen molar-refractivity contribution in [3.63, 3.8) is 0 Å². The van der Waals surface area contributed by atoms with Crippen LogP contribution in [-0.4, -0.2) is 34.8 Å². The highest BCUT2D eigenvalue weighted by Crippen LogP contribution is 2.28. The van der Waals surface area contributed by atoms with Crippen molar-refractivity contribution < 1.29 is 9.47 Å². The summed E-state index contributed by atoms with van der Waals surface area (Å²) in [6.45, 7) is 4.03. The van der Waals surface area contributed by atoms with E-state index in [4.69, 9.17) is 33.3 Å². The van der Waals surface area contributed by atoms with Gasteiger partial charge in [-0.3, -0.25) is 0 Å². The summed E-state index contributed by atoms with van der Waals surface area (Å²) in [6.07, 6.45) is 3.33. The zero-order valence-electron chi connectivity index (χ0n) is 14.6. The van der Waals surface area contributed by atoms with Crippen LogP contribution in [-0.2, 0) is 0 Å². The molecule has 0 radical (unpaired) electrons. The number of methoxy groups -OCH3 is 1. The molecule has 0 amide bonds. The molecule has 0 aliphatic rings. The van der Waals surface area contributed by atoms with E-state index in [0.29, 0.717) is 33.7 Å². The average Bonchev–Trinajstić information content (AvgIpc) is 3.05. The average molecular weight is 401 g/mol. The highest BCUT2D eigenvalue weighted by Gasteiger charge is 2.11. The van der Waals surface area contributed by atoms with E-state index in [0.717, 1.165) is 11.1 Å². The summed E-state index contributed by atoms with van der Waals surface area (Å²) < 4.78 is 12.8. The van der Waals surface area contributed by atoms with Gasteiger partial charge in [-0.25, -0.2) is 5.10 Å². The van der Waals surface area contributed by atoms with Gasteiger partial charge in [-0.1, -0.05) is 36.4 Å². The lowest BCUT2D eigenvalue weighted by atomic mass is 10.2. The van der Waals surface area contributed by atoms with Crippen LogP contribution >= 0.6 is 23.8 Å². The molecule has 0 aliphatic carbocycles. The van der Waals surface area contributed by atoms with E-state index in [1.165, 1.54) is 4.68 Å². The fraction of sp³-hybridized carbons (Fsp3) is 0.105. The standard InChI is InChI=1S/C19H17ClN4O2S/c1-3-10-26-16-9-8-13(11-17(16)25-2)12-21-24-18(22-23-19(24)27)14-6-4-5-7-15(14)20/h3-9,11-12H,1,10H2,2H3,(H,23,27)/b21-12-. The molecule has 6 nitrogen and oxygen atoms in total. The molecule has 1 N–H and O–H groups in total. The summed E-state index contributed by atoms with van der Waals surface area (Å²) in [5.74, 6) is 1.76. The Bertz CT molecular complexity index is 1040. The Morgan fingerprint density at radius 2 is 2.11 bits per heavy atom. The van der Waals surface area contributed by atoms with Crippen molar-refractivity contribution in [2.75, 3.05) is 13.7 Å². The summed E-state index contributed by atoms with van der Waals surface area (Å²) in [7, 11) is 1.58. The molecule has 0 aliphatic heterocycles. The number of ether oxygens (including phenoxy) is 2. The van der Waals surface area contributed by atoms with Crippen LogP contribution in [0, 0.1) is 4.77 Å². The zero-order valence-corrected chi connectivity index (χ0v) is 16.1. The fourth-order valence-electron chi connectivity index (χ4n) is 2.37. The van der Waals surface area contributed by atoms with Crippen molar-refractivity contribution in [3.05, 3.63) is 70.5 Å². The Morgan fingerprint density at radius 3 is 2.85 bits per heavy atom. The third-order valence-corrected chi connectivity index (χ3v) is 4.23. The Kier molecular flexibility index (Phi) is 6.05. The van der Waals surface area contributed by atoms with Crippen molar-refractivity contribution in [2.45, 2.75) is 0 Å². The maximum atomic E-state index is 6.27. The number of rotatable bonds is 7. The molecule has 0 atom stereocenters. The molecule has 0 unspecified atom stereocenters. The van der Waals surface area contributed by atoms with Crippen molar-refractivity contribution in [1.29, 1.82) is 0 Å². The van der Waals surface area contributed by atoms with Crippen LogP contribution in [0.3, 0.4) is 0 Å². The second kappa shape index (κ2) is 8.66. The summed E-state index contributed by atoms with van der Waals surface area (Å²) in [4.78, 5) is 0. The third kappa shape index (κ3) is 4.27. The molecule has 1 aromatic heterocycles. The van der Waals surface area contributed by atoms with Gasteiger partial charge in [-0.05, 0) is 48.1 Å². The number of aromatic amines is 1. The van der Waals surface area contributed by atoms with Crippen LogP contribution in [0.5, 0.6) is 11.5 Å². The topological polar surface area (TPSA) is 64.4 Å². The van der Waals surface area contributed by atoms with Crippen molar-refractivity contribution in [2.24, 2.45) is 5.10 Å².